The fourth-order valence-electron chi connectivity index (χ4n) is 0.255. The molecule has 3 unspecified atom stereocenters. The van der Waals surface area contributed by atoms with Crippen molar-refractivity contribution in [3.63, 3.8) is 0 Å². The van der Waals surface area contributed by atoms with E-state index < -0.39 is 22.9 Å². The van der Waals surface area contributed by atoms with Crippen LogP contribution in [0.5, 0.6) is 0 Å². The molecule has 0 aromatic heterocycles. The Kier molecular flexibility index (Phi) is 4.94. The normalized spacial score (nSPS) is 20.2. The summed E-state index contributed by atoms with van der Waals surface area (Å²) in [6.45, 7) is 0. The predicted octanol–water partition coefficient (Wildman–Crippen LogP) is 2.69. The Hall–Kier alpha value is 0.580. The van der Waals surface area contributed by atoms with Gasteiger partial charge in [0.2, 0.25) is 12.0 Å². The highest BCUT2D eigenvalue weighted by molar-refractivity contribution is 6.47. The van der Waals surface area contributed by atoms with Gasteiger partial charge in [-0.25, -0.2) is 13.2 Å². The minimum Gasteiger partial charge on any atom is -0.306 e. The second kappa shape index (κ2) is 4.72. The summed E-state index contributed by atoms with van der Waals surface area (Å²) in [4.78, 5) is 0. The van der Waals surface area contributed by atoms with E-state index in [-0.39, 0.29) is 0 Å². The van der Waals surface area contributed by atoms with Crippen LogP contribution < -0.4 is 0 Å². The third-order valence-corrected chi connectivity index (χ3v) is 1.27. The van der Waals surface area contributed by atoms with Gasteiger partial charge in [0.05, 0.1) is 0 Å². The summed E-state index contributed by atoms with van der Waals surface area (Å²) >= 11 is 13.6. The zero-order chi connectivity index (χ0) is 9.94. The molecule has 0 amide bonds. The van der Waals surface area contributed by atoms with E-state index >= 15 is 0 Å². The number of rotatable bonds is 4. The fourth-order valence-corrected chi connectivity index (χ4v) is 0.417. The number of hydrogen-bond donors (Lipinski definition) is 0. The maximum Gasteiger partial charge on any atom is 0.311 e. The molecule has 0 N–H and O–H groups in total. The molecule has 2 nitrogen and oxygen atoms in total. The molecule has 73 valence electrons. The molecule has 0 aromatic rings. The van der Waals surface area contributed by atoms with Gasteiger partial charge in [-0.15, -0.1) is 0 Å². The van der Waals surface area contributed by atoms with Crippen molar-refractivity contribution in [1.82, 2.24) is 0 Å². The summed E-state index contributed by atoms with van der Waals surface area (Å²) in [5.74, 6) is 0. The second-order valence-electron chi connectivity index (χ2n) is 1.70. The topological polar surface area (TPSA) is 29.1 Å². The van der Waals surface area contributed by atoms with Crippen LogP contribution in [-0.2, 0) is 9.84 Å². The Morgan fingerprint density at radius 2 is 1.75 bits per heavy atom. The van der Waals surface area contributed by atoms with Crippen molar-refractivity contribution >= 4 is 34.8 Å². The SMILES string of the molecule is [O]C(OC(F)C(F)Cl)C(F)(Cl)Cl. The first kappa shape index (κ1) is 12.6. The maximum atomic E-state index is 12.2. The standard InChI is InChI=1S/C4H3Cl3F3O2/c5-1(8)2(9)12-3(11)4(6,7)10/h1-3H. The third-order valence-electron chi connectivity index (χ3n) is 0.719. The van der Waals surface area contributed by atoms with E-state index in [9.17, 15) is 18.3 Å². The molecule has 0 aliphatic carbocycles. The van der Waals surface area contributed by atoms with E-state index in [1.54, 1.807) is 0 Å². The maximum absolute atomic E-state index is 12.2. The van der Waals surface area contributed by atoms with Crippen molar-refractivity contribution in [1.29, 1.82) is 0 Å². The van der Waals surface area contributed by atoms with Crippen LogP contribution in [0.3, 0.4) is 0 Å². The predicted molar refractivity (Wildman–Crippen MR) is 36.7 cm³/mol. The largest absolute Gasteiger partial charge is 0.311 e. The summed E-state index contributed by atoms with van der Waals surface area (Å²) < 4.78 is 36.2. The highest BCUT2D eigenvalue weighted by Gasteiger charge is 2.39. The molecule has 8 heteroatoms. The minimum absolute atomic E-state index is 2.57. The van der Waals surface area contributed by atoms with Crippen LogP contribution in [0.2, 0.25) is 0 Å². The van der Waals surface area contributed by atoms with Gasteiger partial charge in [-0.2, -0.15) is 5.11 Å². The zero-order valence-electron chi connectivity index (χ0n) is 5.32. The molecule has 0 bridgehead atoms. The van der Waals surface area contributed by atoms with Crippen molar-refractivity contribution in [2.75, 3.05) is 0 Å². The molecular formula is C4H3Cl3F3O2. The molecular weight excluding hydrogens is 243 g/mol. The van der Waals surface area contributed by atoms with Crippen molar-refractivity contribution in [3.05, 3.63) is 0 Å². The van der Waals surface area contributed by atoms with Gasteiger partial charge in [0, 0.05) is 0 Å². The molecule has 3 atom stereocenters. The Morgan fingerprint density at radius 3 is 2.00 bits per heavy atom. The summed E-state index contributed by atoms with van der Waals surface area (Å²) in [6.07, 6.45) is -5.52. The van der Waals surface area contributed by atoms with Gasteiger partial charge in [0.25, 0.3) is 6.29 Å². The van der Waals surface area contributed by atoms with Gasteiger partial charge >= 0.3 is 4.59 Å². The van der Waals surface area contributed by atoms with E-state index in [0.717, 1.165) is 0 Å². The van der Waals surface area contributed by atoms with Gasteiger partial charge in [-0.1, -0.05) is 34.8 Å². The first-order valence-electron chi connectivity index (χ1n) is 2.55. The third kappa shape index (κ3) is 4.57. The summed E-state index contributed by atoms with van der Waals surface area (Å²) in [6, 6.07) is 0. The smallest absolute Gasteiger partial charge is 0.306 e. The Labute approximate surface area is 81.1 Å². The molecule has 0 aliphatic heterocycles. The second-order valence-corrected chi connectivity index (χ2v) is 3.41. The average molecular weight is 246 g/mol. The molecule has 1 radical (unpaired) electrons. The van der Waals surface area contributed by atoms with Crippen molar-refractivity contribution in [2.45, 2.75) is 22.9 Å². The molecule has 0 spiro atoms. The quantitative estimate of drug-likeness (QED) is 0.554. The summed E-state index contributed by atoms with van der Waals surface area (Å²) in [5, 5.41) is 10.3. The van der Waals surface area contributed by atoms with Crippen molar-refractivity contribution in [3.8, 4) is 0 Å². The Balaban J connectivity index is 3.93. The lowest BCUT2D eigenvalue weighted by molar-refractivity contribution is -0.232. The number of ether oxygens (including phenoxy) is 1. The zero-order valence-corrected chi connectivity index (χ0v) is 7.58. The first-order chi connectivity index (χ1) is 5.25. The molecule has 0 heterocycles. The van der Waals surface area contributed by atoms with E-state index in [4.69, 9.17) is 0 Å². The summed E-state index contributed by atoms with van der Waals surface area (Å²) in [5.41, 5.74) is -2.57. The Morgan fingerprint density at radius 1 is 1.33 bits per heavy atom. The number of alkyl halides is 6. The number of halogens is 6. The van der Waals surface area contributed by atoms with E-state index in [2.05, 4.69) is 39.5 Å². The molecule has 0 aromatic carbocycles. The highest BCUT2D eigenvalue weighted by atomic mass is 35.5. The van der Waals surface area contributed by atoms with Crippen molar-refractivity contribution in [2.24, 2.45) is 0 Å². The van der Waals surface area contributed by atoms with Gasteiger partial charge in [0.15, 0.2) is 0 Å². The van der Waals surface area contributed by atoms with Gasteiger partial charge in [0.1, 0.15) is 0 Å². The molecule has 12 heavy (non-hydrogen) atoms. The fraction of sp³-hybridized carbons (Fsp3) is 1.00. The van der Waals surface area contributed by atoms with Crippen LogP contribution in [-0.4, -0.2) is 22.9 Å². The van der Waals surface area contributed by atoms with Crippen LogP contribution in [0.1, 0.15) is 0 Å². The van der Waals surface area contributed by atoms with Gasteiger partial charge in [-0.3, -0.25) is 0 Å². The molecule has 0 aliphatic rings. The van der Waals surface area contributed by atoms with Gasteiger partial charge in [-0.05, 0) is 0 Å². The molecule has 0 rings (SSSR count). The lowest BCUT2D eigenvalue weighted by atomic mass is 10.6. The summed E-state index contributed by atoms with van der Waals surface area (Å²) in [7, 11) is 0. The average Bonchev–Trinajstić information content (AvgIpc) is 1.85. The van der Waals surface area contributed by atoms with Gasteiger partial charge < -0.3 is 4.74 Å². The van der Waals surface area contributed by atoms with Crippen molar-refractivity contribution < 1.29 is 23.0 Å². The van der Waals surface area contributed by atoms with Crippen LogP contribution in [0.25, 0.3) is 0 Å². The first-order valence-corrected chi connectivity index (χ1v) is 3.74. The van der Waals surface area contributed by atoms with Crippen LogP contribution in [0, 0.1) is 0 Å². The van der Waals surface area contributed by atoms with E-state index in [1.807, 2.05) is 0 Å². The lowest BCUT2D eigenvalue weighted by Crippen LogP contribution is -2.33. The molecule has 0 saturated carbocycles. The lowest BCUT2D eigenvalue weighted by Gasteiger charge is -2.17. The molecule has 0 fully saturated rings. The number of hydrogen-bond acceptors (Lipinski definition) is 1. The van der Waals surface area contributed by atoms with Crippen LogP contribution in [0.4, 0.5) is 13.2 Å². The molecule has 0 saturated heterocycles. The van der Waals surface area contributed by atoms with E-state index in [1.165, 1.54) is 0 Å². The Bertz CT molecular complexity index is 140. The minimum atomic E-state index is -3.32. The van der Waals surface area contributed by atoms with Crippen LogP contribution in [0.15, 0.2) is 0 Å². The van der Waals surface area contributed by atoms with Crippen LogP contribution >= 0.6 is 34.8 Å². The monoisotopic (exact) mass is 245 g/mol. The van der Waals surface area contributed by atoms with E-state index in [0.29, 0.717) is 0 Å². The highest BCUT2D eigenvalue weighted by Crippen LogP contribution is 2.29.